The maximum atomic E-state index is 11.2. The van der Waals surface area contributed by atoms with Gasteiger partial charge in [0.2, 0.25) is 0 Å². The number of aliphatic hydroxyl groups is 1. The van der Waals surface area contributed by atoms with Crippen LogP contribution in [0.4, 0.5) is 0 Å². The van der Waals surface area contributed by atoms with Gasteiger partial charge in [0, 0.05) is 0 Å². The predicted octanol–water partition coefficient (Wildman–Crippen LogP) is 0.282. The smallest absolute Gasteiger partial charge is 0.325 e. The Bertz CT molecular complexity index is 168. The van der Waals surface area contributed by atoms with Crippen LogP contribution >= 0.6 is 0 Å². The number of ether oxygens (including phenoxy) is 1. The van der Waals surface area contributed by atoms with E-state index in [2.05, 4.69) is 0 Å². The molecule has 0 saturated heterocycles. The van der Waals surface area contributed by atoms with E-state index < -0.39 is 18.1 Å². The Hall–Kier alpha value is -0.610. The van der Waals surface area contributed by atoms with Crippen molar-refractivity contribution >= 4 is 5.97 Å². The zero-order valence-corrected chi connectivity index (χ0v) is 8.65. The zero-order valence-electron chi connectivity index (χ0n) is 8.65. The first-order valence-electron chi connectivity index (χ1n) is 4.50. The van der Waals surface area contributed by atoms with Crippen LogP contribution in [-0.2, 0) is 9.53 Å². The lowest BCUT2D eigenvalue weighted by atomic mass is 10.1. The molecule has 0 heterocycles. The lowest BCUT2D eigenvalue weighted by Crippen LogP contribution is -2.43. The van der Waals surface area contributed by atoms with Gasteiger partial charge in [-0.1, -0.05) is 13.8 Å². The maximum Gasteiger partial charge on any atom is 0.325 e. The maximum absolute atomic E-state index is 11.2. The molecule has 3 N–H and O–H groups in total. The van der Waals surface area contributed by atoms with Crippen LogP contribution in [0.15, 0.2) is 0 Å². The predicted molar refractivity (Wildman–Crippen MR) is 50.0 cm³/mol. The summed E-state index contributed by atoms with van der Waals surface area (Å²) in [6.45, 7) is 7.17. The van der Waals surface area contributed by atoms with Crippen LogP contribution in [0.2, 0.25) is 0 Å². The van der Waals surface area contributed by atoms with Crippen molar-refractivity contribution in [3.8, 4) is 0 Å². The summed E-state index contributed by atoms with van der Waals surface area (Å²) in [5.41, 5.74) is 5.38. The monoisotopic (exact) mass is 189 g/mol. The second-order valence-electron chi connectivity index (χ2n) is 3.65. The fourth-order valence-corrected chi connectivity index (χ4v) is 0.595. The minimum atomic E-state index is -0.943. The molecule has 0 radical (unpaired) electrons. The van der Waals surface area contributed by atoms with Gasteiger partial charge in [-0.3, -0.25) is 4.79 Å². The van der Waals surface area contributed by atoms with Gasteiger partial charge in [0.05, 0.1) is 6.10 Å². The van der Waals surface area contributed by atoms with Gasteiger partial charge in [-0.2, -0.15) is 0 Å². The third-order valence-electron chi connectivity index (χ3n) is 2.03. The van der Waals surface area contributed by atoms with Crippen molar-refractivity contribution in [3.63, 3.8) is 0 Å². The van der Waals surface area contributed by atoms with E-state index in [-0.39, 0.29) is 12.0 Å². The van der Waals surface area contributed by atoms with E-state index in [4.69, 9.17) is 15.6 Å². The van der Waals surface area contributed by atoms with E-state index >= 15 is 0 Å². The normalized spacial score (nSPS) is 18.1. The number of esters is 1. The van der Waals surface area contributed by atoms with Gasteiger partial charge >= 0.3 is 5.97 Å². The quantitative estimate of drug-likeness (QED) is 0.623. The van der Waals surface area contributed by atoms with Crippen molar-refractivity contribution in [2.24, 2.45) is 11.7 Å². The second-order valence-corrected chi connectivity index (χ2v) is 3.65. The third-order valence-corrected chi connectivity index (χ3v) is 2.03. The van der Waals surface area contributed by atoms with Crippen molar-refractivity contribution in [1.29, 1.82) is 0 Å². The van der Waals surface area contributed by atoms with E-state index in [1.54, 1.807) is 6.92 Å². The Labute approximate surface area is 79.1 Å². The standard InChI is InChI=1S/C9H19NO3/c1-5(2)7(4)13-9(12)8(10)6(3)11/h5-8,11H,10H2,1-4H3. The molecule has 3 atom stereocenters. The van der Waals surface area contributed by atoms with Crippen LogP contribution in [0.5, 0.6) is 0 Å². The second kappa shape index (κ2) is 5.19. The highest BCUT2D eigenvalue weighted by Crippen LogP contribution is 2.06. The molecule has 0 rings (SSSR count). The summed E-state index contributed by atoms with van der Waals surface area (Å²) in [4.78, 5) is 11.2. The van der Waals surface area contributed by atoms with Crippen LogP contribution in [-0.4, -0.2) is 29.3 Å². The van der Waals surface area contributed by atoms with Crippen molar-refractivity contribution in [2.45, 2.75) is 45.9 Å². The van der Waals surface area contributed by atoms with Crippen LogP contribution in [0.3, 0.4) is 0 Å². The highest BCUT2D eigenvalue weighted by Gasteiger charge is 2.23. The Morgan fingerprint density at radius 2 is 1.77 bits per heavy atom. The first-order valence-corrected chi connectivity index (χ1v) is 4.50. The summed E-state index contributed by atoms with van der Waals surface area (Å²) in [7, 11) is 0. The van der Waals surface area contributed by atoms with E-state index in [1.807, 2.05) is 13.8 Å². The summed E-state index contributed by atoms with van der Waals surface area (Å²) in [6, 6.07) is -0.943. The lowest BCUT2D eigenvalue weighted by molar-refractivity contribution is -0.154. The van der Waals surface area contributed by atoms with E-state index in [0.29, 0.717) is 0 Å². The molecule has 0 fully saturated rings. The number of nitrogens with two attached hydrogens (primary N) is 1. The molecular formula is C9H19NO3. The molecule has 3 unspecified atom stereocenters. The van der Waals surface area contributed by atoms with E-state index in [9.17, 15) is 4.79 Å². The van der Waals surface area contributed by atoms with Gasteiger partial charge in [0.1, 0.15) is 12.1 Å². The van der Waals surface area contributed by atoms with Crippen LogP contribution in [0, 0.1) is 5.92 Å². The SMILES string of the molecule is CC(C)C(C)OC(=O)C(N)C(C)O. The first kappa shape index (κ1) is 12.4. The summed E-state index contributed by atoms with van der Waals surface area (Å²) < 4.78 is 5.01. The number of carbonyl (C=O) groups is 1. The molecule has 0 aromatic heterocycles. The molecule has 0 aromatic rings. The van der Waals surface area contributed by atoms with Crippen molar-refractivity contribution in [3.05, 3.63) is 0 Å². The molecule has 4 nitrogen and oxygen atoms in total. The Morgan fingerprint density at radius 1 is 1.31 bits per heavy atom. The van der Waals surface area contributed by atoms with E-state index in [1.165, 1.54) is 6.92 Å². The topological polar surface area (TPSA) is 72.5 Å². The Kier molecular flexibility index (Phi) is 4.95. The average molecular weight is 189 g/mol. The van der Waals surface area contributed by atoms with Crippen LogP contribution < -0.4 is 5.73 Å². The van der Waals surface area contributed by atoms with Crippen LogP contribution in [0.25, 0.3) is 0 Å². The van der Waals surface area contributed by atoms with Gasteiger partial charge < -0.3 is 15.6 Å². The summed E-state index contributed by atoms with van der Waals surface area (Å²) >= 11 is 0. The lowest BCUT2D eigenvalue weighted by Gasteiger charge is -2.20. The first-order chi connectivity index (χ1) is 5.86. The molecule has 78 valence electrons. The zero-order chi connectivity index (χ0) is 10.6. The molecule has 0 aliphatic heterocycles. The fraction of sp³-hybridized carbons (Fsp3) is 0.889. The van der Waals surface area contributed by atoms with Crippen molar-refractivity contribution < 1.29 is 14.6 Å². The summed E-state index contributed by atoms with van der Waals surface area (Å²) in [6.07, 6.45) is -1.04. The molecule has 0 aliphatic carbocycles. The molecule has 0 aliphatic rings. The Morgan fingerprint density at radius 3 is 2.08 bits per heavy atom. The number of aliphatic hydroxyl groups excluding tert-OH is 1. The molecule has 0 bridgehead atoms. The van der Waals surface area contributed by atoms with Crippen LogP contribution in [0.1, 0.15) is 27.7 Å². The molecule has 0 saturated carbocycles. The molecule has 0 amide bonds. The van der Waals surface area contributed by atoms with E-state index in [0.717, 1.165) is 0 Å². The van der Waals surface area contributed by atoms with Gasteiger partial charge in [-0.15, -0.1) is 0 Å². The minimum absolute atomic E-state index is 0.169. The molecule has 4 heteroatoms. The third kappa shape index (κ3) is 4.24. The highest BCUT2D eigenvalue weighted by atomic mass is 16.5. The van der Waals surface area contributed by atoms with Gasteiger partial charge in [-0.25, -0.2) is 0 Å². The average Bonchev–Trinajstić information content (AvgIpc) is 2.02. The highest BCUT2D eigenvalue weighted by molar-refractivity contribution is 5.76. The molecular weight excluding hydrogens is 170 g/mol. The van der Waals surface area contributed by atoms with Gasteiger partial charge in [0.25, 0.3) is 0 Å². The summed E-state index contributed by atoms with van der Waals surface area (Å²) in [5, 5.41) is 9.02. The fourth-order valence-electron chi connectivity index (χ4n) is 0.595. The van der Waals surface area contributed by atoms with Crippen molar-refractivity contribution in [2.75, 3.05) is 0 Å². The largest absolute Gasteiger partial charge is 0.461 e. The number of hydrogen-bond donors (Lipinski definition) is 2. The van der Waals surface area contributed by atoms with Gasteiger partial charge in [-0.05, 0) is 19.8 Å². The number of rotatable bonds is 4. The minimum Gasteiger partial charge on any atom is -0.461 e. The molecule has 0 aromatic carbocycles. The van der Waals surface area contributed by atoms with Gasteiger partial charge in [0.15, 0.2) is 0 Å². The molecule has 13 heavy (non-hydrogen) atoms. The summed E-state index contributed by atoms with van der Waals surface area (Å²) in [5.74, 6) is -0.290. The molecule has 0 spiro atoms. The number of hydrogen-bond acceptors (Lipinski definition) is 4. The number of carbonyl (C=O) groups excluding carboxylic acids is 1. The van der Waals surface area contributed by atoms with Crippen molar-refractivity contribution in [1.82, 2.24) is 0 Å². The Balaban J connectivity index is 4.00.